The van der Waals surface area contributed by atoms with Gasteiger partial charge < -0.3 is 14.6 Å². The van der Waals surface area contributed by atoms with Gasteiger partial charge in [-0.2, -0.15) is 0 Å². The van der Waals surface area contributed by atoms with E-state index in [1.165, 1.54) is 0 Å². The van der Waals surface area contributed by atoms with Crippen molar-refractivity contribution in [3.63, 3.8) is 0 Å². The molecule has 5 heteroatoms. The summed E-state index contributed by atoms with van der Waals surface area (Å²) in [4.78, 5) is 9.28. The van der Waals surface area contributed by atoms with Crippen LogP contribution in [0, 0.1) is 0 Å². The minimum atomic E-state index is 0.293. The number of ether oxygens (including phenoxy) is 1. The Morgan fingerprint density at radius 1 is 1.42 bits per heavy atom. The van der Waals surface area contributed by atoms with Gasteiger partial charge in [0.15, 0.2) is 5.65 Å². The van der Waals surface area contributed by atoms with Crippen molar-refractivity contribution in [3.05, 3.63) is 24.2 Å². The molecule has 3 rings (SSSR count). The van der Waals surface area contributed by atoms with Gasteiger partial charge >= 0.3 is 0 Å². The number of fused-ring (bicyclic) bond motifs is 1. The monoisotopic (exact) mass is 260 g/mol. The normalized spacial score (nSPS) is 23.6. The Bertz CT molecular complexity index is 578. The predicted molar refractivity (Wildman–Crippen MR) is 74.3 cm³/mol. The second kappa shape index (κ2) is 4.90. The first-order valence-corrected chi connectivity index (χ1v) is 6.80. The molecule has 5 nitrogen and oxygen atoms in total. The molecule has 2 unspecified atom stereocenters. The second-order valence-electron chi connectivity index (χ2n) is 5.32. The number of hydrogen-bond acceptors (Lipinski definition) is 4. The van der Waals surface area contributed by atoms with Gasteiger partial charge in [0.1, 0.15) is 11.3 Å². The molecule has 2 atom stereocenters. The van der Waals surface area contributed by atoms with E-state index in [9.17, 15) is 0 Å². The number of imidazole rings is 1. The highest BCUT2D eigenvalue weighted by atomic mass is 16.5. The van der Waals surface area contributed by atoms with Gasteiger partial charge in [0, 0.05) is 18.3 Å². The first kappa shape index (κ1) is 12.6. The van der Waals surface area contributed by atoms with Crippen molar-refractivity contribution in [1.29, 1.82) is 0 Å². The Morgan fingerprint density at radius 2 is 2.26 bits per heavy atom. The van der Waals surface area contributed by atoms with Gasteiger partial charge in [-0.15, -0.1) is 0 Å². The van der Waals surface area contributed by atoms with Crippen LogP contribution in [0.4, 0.5) is 0 Å². The van der Waals surface area contributed by atoms with E-state index in [4.69, 9.17) is 9.72 Å². The fourth-order valence-corrected chi connectivity index (χ4v) is 2.81. The highest BCUT2D eigenvalue weighted by Gasteiger charge is 2.33. The molecule has 0 aliphatic carbocycles. The minimum absolute atomic E-state index is 0.293. The van der Waals surface area contributed by atoms with E-state index in [2.05, 4.69) is 28.7 Å². The van der Waals surface area contributed by atoms with Crippen LogP contribution in [-0.4, -0.2) is 40.8 Å². The van der Waals surface area contributed by atoms with Crippen molar-refractivity contribution in [2.24, 2.45) is 0 Å². The molecule has 1 fully saturated rings. The molecule has 0 amide bonds. The zero-order valence-corrected chi connectivity index (χ0v) is 11.6. The number of likely N-dealkylation sites (N-methyl/N-ethyl adjacent to an activating group) is 1. The van der Waals surface area contributed by atoms with Crippen LogP contribution in [0.2, 0.25) is 0 Å². The Hall–Kier alpha value is -1.46. The lowest BCUT2D eigenvalue weighted by Gasteiger charge is -2.20. The first-order valence-electron chi connectivity index (χ1n) is 6.80. The highest BCUT2D eigenvalue weighted by molar-refractivity contribution is 5.71. The summed E-state index contributed by atoms with van der Waals surface area (Å²) < 4.78 is 7.84. The Balaban J connectivity index is 2.14. The fourth-order valence-electron chi connectivity index (χ4n) is 2.81. The number of nitrogens with zero attached hydrogens (tertiary/aromatic N) is 3. The van der Waals surface area contributed by atoms with Crippen LogP contribution in [-0.2, 0) is 4.74 Å². The third kappa shape index (κ3) is 2.03. The van der Waals surface area contributed by atoms with Crippen LogP contribution in [0.25, 0.3) is 11.2 Å². The summed E-state index contributed by atoms with van der Waals surface area (Å²) >= 11 is 0. The molecule has 0 aromatic carbocycles. The van der Waals surface area contributed by atoms with Gasteiger partial charge in [-0.25, -0.2) is 9.97 Å². The topological polar surface area (TPSA) is 52.0 Å². The van der Waals surface area contributed by atoms with E-state index >= 15 is 0 Å². The van der Waals surface area contributed by atoms with Gasteiger partial charge in [-0.05, 0) is 33.0 Å². The molecular weight excluding hydrogens is 240 g/mol. The molecule has 0 bridgehead atoms. The Morgan fingerprint density at radius 3 is 3.00 bits per heavy atom. The molecule has 1 N–H and O–H groups in total. The largest absolute Gasteiger partial charge is 0.379 e. The molecule has 0 radical (unpaired) electrons. The predicted octanol–water partition coefficient (Wildman–Crippen LogP) is 1.71. The number of pyridine rings is 1. The summed E-state index contributed by atoms with van der Waals surface area (Å²) in [6.45, 7) is 5.81. The zero-order valence-electron chi connectivity index (χ0n) is 11.6. The maximum atomic E-state index is 5.61. The SMILES string of the molecule is CNC1COCC1c1nc2cccnc2n1C(C)C. The lowest BCUT2D eigenvalue weighted by Crippen LogP contribution is -2.32. The highest BCUT2D eigenvalue weighted by Crippen LogP contribution is 2.30. The summed E-state index contributed by atoms with van der Waals surface area (Å²) in [5, 5.41) is 3.32. The van der Waals surface area contributed by atoms with Crippen molar-refractivity contribution < 1.29 is 4.74 Å². The van der Waals surface area contributed by atoms with E-state index < -0.39 is 0 Å². The van der Waals surface area contributed by atoms with Gasteiger partial charge in [0.05, 0.1) is 19.1 Å². The van der Waals surface area contributed by atoms with Crippen LogP contribution in [0.15, 0.2) is 18.3 Å². The number of rotatable bonds is 3. The van der Waals surface area contributed by atoms with Crippen molar-refractivity contribution in [2.75, 3.05) is 20.3 Å². The van der Waals surface area contributed by atoms with Crippen LogP contribution < -0.4 is 5.32 Å². The van der Waals surface area contributed by atoms with Gasteiger partial charge in [0.25, 0.3) is 0 Å². The van der Waals surface area contributed by atoms with Crippen molar-refractivity contribution in [3.8, 4) is 0 Å². The Labute approximate surface area is 113 Å². The van der Waals surface area contributed by atoms with Crippen molar-refractivity contribution in [2.45, 2.75) is 31.8 Å². The molecule has 2 aromatic rings. The molecule has 19 heavy (non-hydrogen) atoms. The zero-order chi connectivity index (χ0) is 13.4. The van der Waals surface area contributed by atoms with Gasteiger partial charge in [-0.3, -0.25) is 0 Å². The lowest BCUT2D eigenvalue weighted by molar-refractivity contribution is 0.187. The smallest absolute Gasteiger partial charge is 0.160 e. The molecule has 1 saturated heterocycles. The average Bonchev–Trinajstić information content (AvgIpc) is 3.01. The molecule has 0 spiro atoms. The third-order valence-corrected chi connectivity index (χ3v) is 3.78. The van der Waals surface area contributed by atoms with Crippen LogP contribution in [0.1, 0.15) is 31.6 Å². The summed E-state index contributed by atoms with van der Waals surface area (Å²) in [7, 11) is 1.98. The van der Waals surface area contributed by atoms with Crippen LogP contribution in [0.5, 0.6) is 0 Å². The summed E-state index contributed by atoms with van der Waals surface area (Å²) in [6, 6.07) is 4.63. The van der Waals surface area contributed by atoms with Crippen LogP contribution >= 0.6 is 0 Å². The average molecular weight is 260 g/mol. The molecular formula is C14H20N4O. The lowest BCUT2D eigenvalue weighted by atomic mass is 10.0. The van der Waals surface area contributed by atoms with E-state index in [1.807, 2.05) is 25.4 Å². The first-order chi connectivity index (χ1) is 9.22. The minimum Gasteiger partial charge on any atom is -0.379 e. The van der Waals surface area contributed by atoms with Crippen LogP contribution in [0.3, 0.4) is 0 Å². The number of hydrogen-bond donors (Lipinski definition) is 1. The van der Waals surface area contributed by atoms with Crippen molar-refractivity contribution in [1.82, 2.24) is 19.9 Å². The number of aromatic nitrogens is 3. The third-order valence-electron chi connectivity index (χ3n) is 3.78. The van der Waals surface area contributed by atoms with Gasteiger partial charge in [0.2, 0.25) is 0 Å². The maximum absolute atomic E-state index is 5.61. The van der Waals surface area contributed by atoms with E-state index in [1.54, 1.807) is 0 Å². The van der Waals surface area contributed by atoms with E-state index in [-0.39, 0.29) is 0 Å². The standard InChI is InChI=1S/C14H20N4O/c1-9(2)18-13(10-7-19-8-12(10)15-3)17-11-5-4-6-16-14(11)18/h4-6,9-10,12,15H,7-8H2,1-3H3. The van der Waals surface area contributed by atoms with Gasteiger partial charge in [-0.1, -0.05) is 0 Å². The summed E-state index contributed by atoms with van der Waals surface area (Å²) in [5.74, 6) is 1.38. The summed E-state index contributed by atoms with van der Waals surface area (Å²) in [6.07, 6.45) is 1.83. The van der Waals surface area contributed by atoms with E-state index in [0.29, 0.717) is 18.0 Å². The Kier molecular flexibility index (Phi) is 3.24. The number of nitrogens with one attached hydrogen (secondary N) is 1. The molecule has 2 aromatic heterocycles. The molecule has 1 aliphatic heterocycles. The maximum Gasteiger partial charge on any atom is 0.160 e. The summed E-state index contributed by atoms with van der Waals surface area (Å²) in [5.41, 5.74) is 1.93. The molecule has 3 heterocycles. The van der Waals surface area contributed by atoms with Crippen molar-refractivity contribution >= 4 is 11.2 Å². The van der Waals surface area contributed by atoms with E-state index in [0.717, 1.165) is 30.2 Å². The molecule has 102 valence electrons. The molecule has 0 saturated carbocycles. The second-order valence-corrected chi connectivity index (χ2v) is 5.32. The molecule has 1 aliphatic rings. The quantitative estimate of drug-likeness (QED) is 0.913. The fraction of sp³-hybridized carbons (Fsp3) is 0.571.